The lowest BCUT2D eigenvalue weighted by molar-refractivity contribution is 0.0944. The fourth-order valence-corrected chi connectivity index (χ4v) is 3.25. The van der Waals surface area contributed by atoms with E-state index >= 15 is 0 Å². The molecule has 1 aromatic heterocycles. The van der Waals surface area contributed by atoms with Crippen LogP contribution in [0, 0.1) is 12.8 Å². The predicted octanol–water partition coefficient (Wildman–Crippen LogP) is 4.13. The SMILES string of the molecule is Cc1ccccc1CCNc1cc(N)c(C(=O)C(C)C)s1. The molecule has 2 aromatic rings. The van der Waals surface area contributed by atoms with Gasteiger partial charge in [-0.05, 0) is 30.5 Å². The largest absolute Gasteiger partial charge is 0.397 e. The number of ketones is 1. The van der Waals surface area contributed by atoms with Crippen LogP contribution in [-0.2, 0) is 6.42 Å². The Balaban J connectivity index is 1.97. The highest BCUT2D eigenvalue weighted by Crippen LogP contribution is 2.31. The molecule has 0 aliphatic heterocycles. The van der Waals surface area contributed by atoms with Crippen molar-refractivity contribution in [3.05, 3.63) is 46.3 Å². The monoisotopic (exact) mass is 302 g/mol. The number of benzene rings is 1. The van der Waals surface area contributed by atoms with Crippen LogP contribution in [-0.4, -0.2) is 12.3 Å². The lowest BCUT2D eigenvalue weighted by Crippen LogP contribution is -2.07. The second-order valence-corrected chi connectivity index (χ2v) is 6.57. The standard InChI is InChI=1S/C17H22N2OS/c1-11(2)16(20)17-14(18)10-15(21-17)19-9-8-13-7-5-4-6-12(13)3/h4-7,10-11,19H,8-9,18H2,1-3H3. The van der Waals surface area contributed by atoms with Crippen molar-refractivity contribution in [3.63, 3.8) is 0 Å². The molecule has 0 fully saturated rings. The molecule has 3 nitrogen and oxygen atoms in total. The number of carbonyl (C=O) groups is 1. The van der Waals surface area contributed by atoms with Crippen molar-refractivity contribution in [3.8, 4) is 0 Å². The normalized spacial score (nSPS) is 10.9. The first-order valence-corrected chi connectivity index (χ1v) is 8.02. The number of nitrogens with two attached hydrogens (primary N) is 1. The third kappa shape index (κ3) is 3.85. The lowest BCUT2D eigenvalue weighted by atomic mass is 10.1. The molecule has 0 aliphatic carbocycles. The van der Waals surface area contributed by atoms with E-state index in [-0.39, 0.29) is 11.7 Å². The minimum absolute atomic E-state index is 0.0224. The van der Waals surface area contributed by atoms with E-state index in [1.54, 1.807) is 0 Å². The summed E-state index contributed by atoms with van der Waals surface area (Å²) in [5.74, 6) is 0.0928. The zero-order valence-corrected chi connectivity index (χ0v) is 13.6. The molecule has 21 heavy (non-hydrogen) atoms. The highest BCUT2D eigenvalue weighted by Gasteiger charge is 2.17. The van der Waals surface area contributed by atoms with Gasteiger partial charge in [-0.1, -0.05) is 38.1 Å². The summed E-state index contributed by atoms with van der Waals surface area (Å²) < 4.78 is 0. The summed E-state index contributed by atoms with van der Waals surface area (Å²) in [6, 6.07) is 10.2. The van der Waals surface area contributed by atoms with Gasteiger partial charge < -0.3 is 11.1 Å². The number of rotatable bonds is 6. The maximum absolute atomic E-state index is 12.0. The van der Waals surface area contributed by atoms with Gasteiger partial charge in [0.05, 0.1) is 15.6 Å². The molecule has 0 atom stereocenters. The summed E-state index contributed by atoms with van der Waals surface area (Å²) in [6.07, 6.45) is 0.956. The molecule has 0 amide bonds. The fourth-order valence-electron chi connectivity index (χ4n) is 2.16. The van der Waals surface area contributed by atoms with Crippen LogP contribution in [0.15, 0.2) is 30.3 Å². The van der Waals surface area contributed by atoms with Crippen LogP contribution in [0.25, 0.3) is 0 Å². The first kappa shape index (κ1) is 15.6. The summed E-state index contributed by atoms with van der Waals surface area (Å²) in [4.78, 5) is 12.7. The average molecular weight is 302 g/mol. The molecular weight excluding hydrogens is 280 g/mol. The molecule has 2 rings (SSSR count). The first-order valence-electron chi connectivity index (χ1n) is 7.21. The molecule has 1 aromatic carbocycles. The van der Waals surface area contributed by atoms with E-state index in [9.17, 15) is 4.79 Å². The van der Waals surface area contributed by atoms with Crippen LogP contribution < -0.4 is 11.1 Å². The number of carbonyl (C=O) groups excluding carboxylic acids is 1. The molecule has 112 valence electrons. The second-order valence-electron chi connectivity index (χ2n) is 5.52. The molecule has 0 bridgehead atoms. The zero-order chi connectivity index (χ0) is 15.4. The van der Waals surface area contributed by atoms with Crippen molar-refractivity contribution < 1.29 is 4.79 Å². The molecular formula is C17H22N2OS. The summed E-state index contributed by atoms with van der Waals surface area (Å²) in [5.41, 5.74) is 9.16. The van der Waals surface area contributed by atoms with E-state index in [0.29, 0.717) is 10.6 Å². The van der Waals surface area contributed by atoms with Gasteiger partial charge in [-0.2, -0.15) is 0 Å². The summed E-state index contributed by atoms with van der Waals surface area (Å²) >= 11 is 1.45. The van der Waals surface area contributed by atoms with Crippen LogP contribution in [0.1, 0.15) is 34.6 Å². The third-order valence-corrected chi connectivity index (χ3v) is 4.59. The highest BCUT2D eigenvalue weighted by molar-refractivity contribution is 7.18. The predicted molar refractivity (Wildman–Crippen MR) is 91.3 cm³/mol. The summed E-state index contributed by atoms with van der Waals surface area (Å²) in [7, 11) is 0. The molecule has 0 radical (unpaired) electrons. The van der Waals surface area contributed by atoms with Crippen molar-refractivity contribution in [2.45, 2.75) is 27.2 Å². The van der Waals surface area contributed by atoms with Crippen molar-refractivity contribution in [2.75, 3.05) is 17.6 Å². The van der Waals surface area contributed by atoms with Crippen molar-refractivity contribution in [1.29, 1.82) is 0 Å². The summed E-state index contributed by atoms with van der Waals surface area (Å²) in [6.45, 7) is 6.75. The number of hydrogen-bond donors (Lipinski definition) is 2. The van der Waals surface area contributed by atoms with Crippen LogP contribution in [0.2, 0.25) is 0 Å². The van der Waals surface area contributed by atoms with Gasteiger partial charge in [0.15, 0.2) is 5.78 Å². The van der Waals surface area contributed by atoms with E-state index in [1.807, 2.05) is 19.9 Å². The van der Waals surface area contributed by atoms with Gasteiger partial charge in [-0.3, -0.25) is 4.79 Å². The number of hydrogen-bond acceptors (Lipinski definition) is 4. The minimum atomic E-state index is -0.0224. The number of nitrogen functional groups attached to an aromatic ring is 1. The fraction of sp³-hybridized carbons (Fsp3) is 0.353. The van der Waals surface area contributed by atoms with Crippen LogP contribution in [0.3, 0.4) is 0 Å². The van der Waals surface area contributed by atoms with Gasteiger partial charge in [-0.25, -0.2) is 0 Å². The maximum Gasteiger partial charge on any atom is 0.177 e. The Morgan fingerprint density at radius 3 is 2.71 bits per heavy atom. The van der Waals surface area contributed by atoms with E-state index < -0.39 is 0 Å². The Bertz CT molecular complexity index is 631. The number of anilines is 2. The highest BCUT2D eigenvalue weighted by atomic mass is 32.1. The van der Waals surface area contributed by atoms with Gasteiger partial charge in [0, 0.05) is 12.5 Å². The van der Waals surface area contributed by atoms with Crippen LogP contribution >= 0.6 is 11.3 Å². The van der Waals surface area contributed by atoms with Gasteiger partial charge in [-0.15, -0.1) is 11.3 Å². The second kappa shape index (κ2) is 6.76. The van der Waals surface area contributed by atoms with Gasteiger partial charge in [0.1, 0.15) is 0 Å². The summed E-state index contributed by atoms with van der Waals surface area (Å²) in [5, 5.41) is 4.32. The van der Waals surface area contributed by atoms with Gasteiger partial charge in [0.2, 0.25) is 0 Å². The molecule has 0 aliphatic rings. The molecule has 0 saturated heterocycles. The maximum atomic E-state index is 12.0. The van der Waals surface area contributed by atoms with Crippen molar-refractivity contribution in [2.24, 2.45) is 5.92 Å². The van der Waals surface area contributed by atoms with E-state index in [0.717, 1.165) is 18.0 Å². The quantitative estimate of drug-likeness (QED) is 0.789. The number of nitrogens with one attached hydrogen (secondary N) is 1. The smallest absolute Gasteiger partial charge is 0.177 e. The molecule has 0 spiro atoms. The Morgan fingerprint density at radius 1 is 1.33 bits per heavy atom. The van der Waals surface area contributed by atoms with Crippen LogP contribution in [0.4, 0.5) is 10.7 Å². The van der Waals surface area contributed by atoms with E-state index in [2.05, 4.69) is 36.5 Å². The van der Waals surface area contributed by atoms with Crippen LogP contribution in [0.5, 0.6) is 0 Å². The number of aryl methyl sites for hydroxylation is 1. The molecule has 0 unspecified atom stereocenters. The first-order chi connectivity index (χ1) is 9.99. The Morgan fingerprint density at radius 2 is 2.05 bits per heavy atom. The molecule has 4 heteroatoms. The molecule has 1 heterocycles. The van der Waals surface area contributed by atoms with Gasteiger partial charge >= 0.3 is 0 Å². The van der Waals surface area contributed by atoms with Crippen molar-refractivity contribution >= 4 is 27.8 Å². The zero-order valence-electron chi connectivity index (χ0n) is 12.8. The average Bonchev–Trinajstić information content (AvgIpc) is 2.81. The van der Waals surface area contributed by atoms with E-state index in [1.165, 1.54) is 22.5 Å². The number of thiophene rings is 1. The number of Topliss-reactive ketones (excluding diaryl/α,β-unsaturated/α-hetero) is 1. The topological polar surface area (TPSA) is 55.1 Å². The lowest BCUT2D eigenvalue weighted by Gasteiger charge is -2.06. The van der Waals surface area contributed by atoms with Gasteiger partial charge in [0.25, 0.3) is 0 Å². The third-order valence-electron chi connectivity index (χ3n) is 3.46. The molecule has 0 saturated carbocycles. The van der Waals surface area contributed by atoms with Crippen molar-refractivity contribution in [1.82, 2.24) is 0 Å². The minimum Gasteiger partial charge on any atom is -0.397 e. The molecule has 3 N–H and O–H groups in total. The van der Waals surface area contributed by atoms with E-state index in [4.69, 9.17) is 5.73 Å². The Hall–Kier alpha value is -1.81. The Kier molecular flexibility index (Phi) is 5.02. The Labute approximate surface area is 130 Å².